The fourth-order valence-electron chi connectivity index (χ4n) is 2.16. The molecule has 0 aromatic heterocycles. The van der Waals surface area contributed by atoms with Gasteiger partial charge < -0.3 is 9.64 Å². The Bertz CT molecular complexity index is 264. The number of carbonyl (C=O) groups excluding carboxylic acids is 2. The van der Waals surface area contributed by atoms with E-state index in [1.165, 1.54) is 0 Å². The first-order chi connectivity index (χ1) is 6.66. The van der Waals surface area contributed by atoms with Crippen molar-refractivity contribution in [1.29, 1.82) is 0 Å². The summed E-state index contributed by atoms with van der Waals surface area (Å²) in [5, 5.41) is 0. The van der Waals surface area contributed by atoms with Gasteiger partial charge in [-0.15, -0.1) is 0 Å². The minimum absolute atomic E-state index is 0.0275. The Morgan fingerprint density at radius 1 is 1.57 bits per heavy atom. The molecule has 2 aliphatic heterocycles. The first-order valence-corrected chi connectivity index (χ1v) is 5.11. The van der Waals surface area contributed by atoms with E-state index in [4.69, 9.17) is 4.74 Å². The summed E-state index contributed by atoms with van der Waals surface area (Å²) in [4.78, 5) is 24.0. The van der Waals surface area contributed by atoms with Crippen LogP contribution in [0.1, 0.15) is 32.6 Å². The number of fused-ring (bicyclic) bond motifs is 1. The summed E-state index contributed by atoms with van der Waals surface area (Å²) in [5.74, 6) is 0.351. The molecule has 0 saturated carbocycles. The molecule has 78 valence electrons. The molecule has 2 aliphatic rings. The molecule has 0 aromatic rings. The topological polar surface area (TPSA) is 46.6 Å². The molecule has 2 saturated heterocycles. The van der Waals surface area contributed by atoms with Crippen molar-refractivity contribution in [1.82, 2.24) is 4.90 Å². The second-order valence-corrected chi connectivity index (χ2v) is 4.03. The van der Waals surface area contributed by atoms with Crippen molar-refractivity contribution in [3.8, 4) is 0 Å². The van der Waals surface area contributed by atoms with E-state index < -0.39 is 0 Å². The van der Waals surface area contributed by atoms with Crippen LogP contribution in [0.2, 0.25) is 0 Å². The molecular weight excluding hydrogens is 182 g/mol. The van der Waals surface area contributed by atoms with Gasteiger partial charge in [0.1, 0.15) is 12.0 Å². The smallest absolute Gasteiger partial charge is 0.224 e. The maximum Gasteiger partial charge on any atom is 0.224 e. The van der Waals surface area contributed by atoms with E-state index in [9.17, 15) is 9.59 Å². The van der Waals surface area contributed by atoms with Gasteiger partial charge in [-0.25, -0.2) is 0 Å². The van der Waals surface area contributed by atoms with Crippen LogP contribution in [0.5, 0.6) is 0 Å². The quantitative estimate of drug-likeness (QED) is 0.654. The van der Waals surface area contributed by atoms with Gasteiger partial charge in [0.15, 0.2) is 0 Å². The third-order valence-electron chi connectivity index (χ3n) is 2.83. The molecule has 2 atom stereocenters. The molecule has 0 radical (unpaired) electrons. The Morgan fingerprint density at radius 2 is 2.36 bits per heavy atom. The zero-order chi connectivity index (χ0) is 10.1. The van der Waals surface area contributed by atoms with Gasteiger partial charge in [0.2, 0.25) is 5.91 Å². The number of amides is 1. The Labute approximate surface area is 83.2 Å². The lowest BCUT2D eigenvalue weighted by Gasteiger charge is -2.34. The minimum Gasteiger partial charge on any atom is -0.355 e. The van der Waals surface area contributed by atoms with Crippen molar-refractivity contribution in [2.45, 2.75) is 44.9 Å². The second-order valence-electron chi connectivity index (χ2n) is 4.03. The third-order valence-corrected chi connectivity index (χ3v) is 2.83. The molecule has 0 aromatic carbocycles. The molecule has 0 aliphatic carbocycles. The zero-order valence-corrected chi connectivity index (χ0v) is 8.36. The van der Waals surface area contributed by atoms with Crippen LogP contribution in [0.25, 0.3) is 0 Å². The number of nitrogens with zero attached hydrogens (tertiary/aromatic N) is 1. The average Bonchev–Trinajstić information content (AvgIpc) is 2.46. The number of ketones is 1. The predicted molar refractivity (Wildman–Crippen MR) is 49.5 cm³/mol. The van der Waals surface area contributed by atoms with Crippen LogP contribution in [-0.2, 0) is 14.3 Å². The van der Waals surface area contributed by atoms with Gasteiger partial charge in [-0.2, -0.15) is 0 Å². The van der Waals surface area contributed by atoms with E-state index in [1.807, 2.05) is 0 Å². The molecule has 0 N–H and O–H groups in total. The van der Waals surface area contributed by atoms with Crippen LogP contribution in [0.3, 0.4) is 0 Å². The Balaban J connectivity index is 1.92. The van der Waals surface area contributed by atoms with Crippen molar-refractivity contribution in [3.05, 3.63) is 0 Å². The molecule has 2 heterocycles. The first-order valence-electron chi connectivity index (χ1n) is 5.11. The maximum atomic E-state index is 11.3. The summed E-state index contributed by atoms with van der Waals surface area (Å²) in [5.41, 5.74) is 0. The van der Waals surface area contributed by atoms with E-state index in [-0.39, 0.29) is 24.0 Å². The largest absolute Gasteiger partial charge is 0.355 e. The summed E-state index contributed by atoms with van der Waals surface area (Å²) < 4.78 is 5.68. The summed E-state index contributed by atoms with van der Waals surface area (Å²) >= 11 is 0. The van der Waals surface area contributed by atoms with Gasteiger partial charge in [-0.3, -0.25) is 9.59 Å². The average molecular weight is 197 g/mol. The normalized spacial score (nSPS) is 31.8. The minimum atomic E-state index is -0.0550. The maximum absolute atomic E-state index is 11.3. The number of hydrogen-bond acceptors (Lipinski definition) is 3. The standard InChI is InChI=1S/C10H15NO3/c1-7(12)6-8-4-5-11-9(13)2-3-10(11)14-8/h8,10H,2-6H2,1H3/t8-,10-/m0/s1. The highest BCUT2D eigenvalue weighted by Gasteiger charge is 2.37. The molecule has 4 heteroatoms. The first kappa shape index (κ1) is 9.65. The molecule has 4 nitrogen and oxygen atoms in total. The molecule has 2 fully saturated rings. The molecular formula is C10H15NO3. The summed E-state index contributed by atoms with van der Waals surface area (Å²) in [6.45, 7) is 2.33. The van der Waals surface area contributed by atoms with Crippen molar-refractivity contribution in [3.63, 3.8) is 0 Å². The monoisotopic (exact) mass is 197 g/mol. The number of Topliss-reactive ketones (excluding diaryl/α,β-unsaturated/α-hetero) is 1. The van der Waals surface area contributed by atoms with E-state index in [2.05, 4.69) is 0 Å². The van der Waals surface area contributed by atoms with Crippen LogP contribution in [0, 0.1) is 0 Å². The van der Waals surface area contributed by atoms with Gasteiger partial charge >= 0.3 is 0 Å². The lowest BCUT2D eigenvalue weighted by atomic mass is 10.1. The summed E-state index contributed by atoms with van der Waals surface area (Å²) in [7, 11) is 0. The molecule has 2 rings (SSSR count). The van der Waals surface area contributed by atoms with Crippen LogP contribution >= 0.6 is 0 Å². The Kier molecular flexibility index (Phi) is 2.54. The summed E-state index contributed by atoms with van der Waals surface area (Å²) in [6.07, 6.45) is 2.63. The SMILES string of the molecule is CC(=O)C[C@@H]1CCN2C(=O)CC[C@@H]2O1. The van der Waals surface area contributed by atoms with E-state index in [0.717, 1.165) is 19.4 Å². The van der Waals surface area contributed by atoms with Gasteiger partial charge in [0.05, 0.1) is 6.10 Å². The lowest BCUT2D eigenvalue weighted by molar-refractivity contribution is -0.155. The third kappa shape index (κ3) is 1.80. The Hall–Kier alpha value is -0.900. The van der Waals surface area contributed by atoms with Crippen LogP contribution in [-0.4, -0.2) is 35.5 Å². The Morgan fingerprint density at radius 3 is 3.07 bits per heavy atom. The van der Waals surface area contributed by atoms with E-state index >= 15 is 0 Å². The molecule has 14 heavy (non-hydrogen) atoms. The number of carbonyl (C=O) groups is 2. The van der Waals surface area contributed by atoms with Crippen molar-refractivity contribution in [2.24, 2.45) is 0 Å². The van der Waals surface area contributed by atoms with Crippen molar-refractivity contribution < 1.29 is 14.3 Å². The number of hydrogen-bond donors (Lipinski definition) is 0. The van der Waals surface area contributed by atoms with Gasteiger partial charge in [-0.1, -0.05) is 0 Å². The van der Waals surface area contributed by atoms with Crippen LogP contribution in [0.15, 0.2) is 0 Å². The highest BCUT2D eigenvalue weighted by atomic mass is 16.5. The van der Waals surface area contributed by atoms with E-state index in [1.54, 1.807) is 11.8 Å². The molecule has 0 spiro atoms. The fraction of sp³-hybridized carbons (Fsp3) is 0.800. The zero-order valence-electron chi connectivity index (χ0n) is 8.36. The van der Waals surface area contributed by atoms with Crippen molar-refractivity contribution >= 4 is 11.7 Å². The number of ether oxygens (including phenoxy) is 1. The van der Waals surface area contributed by atoms with Crippen LogP contribution in [0.4, 0.5) is 0 Å². The molecule has 0 bridgehead atoms. The highest BCUT2D eigenvalue weighted by molar-refractivity contribution is 5.79. The summed E-state index contributed by atoms with van der Waals surface area (Å²) in [6, 6.07) is 0. The number of rotatable bonds is 2. The molecule has 0 unspecified atom stereocenters. The van der Waals surface area contributed by atoms with E-state index in [0.29, 0.717) is 12.8 Å². The van der Waals surface area contributed by atoms with Gasteiger partial charge in [0, 0.05) is 25.8 Å². The lowest BCUT2D eigenvalue weighted by Crippen LogP contribution is -2.44. The van der Waals surface area contributed by atoms with Gasteiger partial charge in [-0.05, 0) is 13.3 Å². The van der Waals surface area contributed by atoms with Gasteiger partial charge in [0.25, 0.3) is 0 Å². The molecule has 1 amide bonds. The van der Waals surface area contributed by atoms with Crippen LogP contribution < -0.4 is 0 Å². The van der Waals surface area contributed by atoms with Crippen molar-refractivity contribution in [2.75, 3.05) is 6.54 Å². The second kappa shape index (κ2) is 3.69. The highest BCUT2D eigenvalue weighted by Crippen LogP contribution is 2.27. The fourth-order valence-corrected chi connectivity index (χ4v) is 2.16. The predicted octanol–water partition coefficient (Wildman–Crippen LogP) is 0.703.